The van der Waals surface area contributed by atoms with Crippen LogP contribution in [0.5, 0.6) is 0 Å². The maximum atomic E-state index is 11.1. The van der Waals surface area contributed by atoms with Gasteiger partial charge in [0.15, 0.2) is 0 Å². The summed E-state index contributed by atoms with van der Waals surface area (Å²) in [7, 11) is -3.96. The molecule has 0 radical (unpaired) electrons. The Labute approximate surface area is 83.0 Å². The van der Waals surface area contributed by atoms with E-state index in [1.807, 2.05) is 0 Å². The molecule has 5 heteroatoms. The Morgan fingerprint density at radius 2 is 2.29 bits per heavy atom. The van der Waals surface area contributed by atoms with Crippen LogP contribution >= 0.6 is 0 Å². The summed E-state index contributed by atoms with van der Waals surface area (Å²) in [6.07, 6.45) is 5.30. The molecule has 14 heavy (non-hydrogen) atoms. The zero-order valence-electron chi connectivity index (χ0n) is 7.64. The minimum atomic E-state index is -3.96. The molecular weight excluding hydrogens is 204 g/mol. The lowest BCUT2D eigenvalue weighted by Crippen LogP contribution is -2.28. The molecule has 0 amide bonds. The first-order valence-electron chi connectivity index (χ1n) is 4.55. The van der Waals surface area contributed by atoms with Gasteiger partial charge >= 0.3 is 0 Å². The first kappa shape index (κ1) is 9.73. The molecule has 0 aromatic heterocycles. The smallest absolute Gasteiger partial charge is 0.271 e. The summed E-state index contributed by atoms with van der Waals surface area (Å²) in [5.41, 5.74) is 1.73. The molecule has 2 aliphatic rings. The maximum Gasteiger partial charge on any atom is 0.271 e. The third-order valence-corrected chi connectivity index (χ3v) is 3.87. The van der Waals surface area contributed by atoms with Crippen molar-refractivity contribution in [1.82, 2.24) is 0 Å². The van der Waals surface area contributed by atoms with Crippen molar-refractivity contribution in [3.8, 4) is 0 Å². The van der Waals surface area contributed by atoms with E-state index in [9.17, 15) is 8.42 Å². The predicted molar refractivity (Wildman–Crippen MR) is 51.3 cm³/mol. The lowest BCUT2D eigenvalue weighted by atomic mass is 9.91. The molecule has 0 aromatic rings. The van der Waals surface area contributed by atoms with Crippen LogP contribution in [-0.2, 0) is 14.9 Å². The van der Waals surface area contributed by atoms with Crippen LogP contribution in [-0.4, -0.2) is 24.8 Å². The SMILES string of the molecule is O=S(=O)(O)C1CCCC2=C1C=COC2. The Bertz CT molecular complexity index is 391. The van der Waals surface area contributed by atoms with E-state index in [2.05, 4.69) is 0 Å². The largest absolute Gasteiger partial charge is 0.497 e. The van der Waals surface area contributed by atoms with Crippen LogP contribution in [0.15, 0.2) is 23.5 Å². The molecule has 1 N–H and O–H groups in total. The average Bonchev–Trinajstić information content (AvgIpc) is 2.15. The lowest BCUT2D eigenvalue weighted by Gasteiger charge is -2.26. The van der Waals surface area contributed by atoms with Crippen LogP contribution in [0.1, 0.15) is 19.3 Å². The summed E-state index contributed by atoms with van der Waals surface area (Å²) in [4.78, 5) is 0. The van der Waals surface area contributed by atoms with Gasteiger partial charge in [-0.2, -0.15) is 8.42 Å². The zero-order chi connectivity index (χ0) is 10.2. The molecule has 1 heterocycles. The summed E-state index contributed by atoms with van der Waals surface area (Å²) in [6.45, 7) is 0.456. The number of ether oxygens (including phenoxy) is 1. The third kappa shape index (κ3) is 1.69. The molecule has 0 saturated heterocycles. The highest BCUT2D eigenvalue weighted by molar-refractivity contribution is 7.86. The first-order chi connectivity index (χ1) is 6.59. The topological polar surface area (TPSA) is 63.6 Å². The van der Waals surface area contributed by atoms with E-state index in [-0.39, 0.29) is 0 Å². The van der Waals surface area contributed by atoms with Crippen molar-refractivity contribution in [3.05, 3.63) is 23.5 Å². The minimum Gasteiger partial charge on any atom is -0.497 e. The highest BCUT2D eigenvalue weighted by atomic mass is 32.2. The molecule has 2 rings (SSSR count). The van der Waals surface area contributed by atoms with E-state index in [4.69, 9.17) is 9.29 Å². The molecule has 0 saturated carbocycles. The van der Waals surface area contributed by atoms with Crippen molar-refractivity contribution in [1.29, 1.82) is 0 Å². The van der Waals surface area contributed by atoms with Crippen molar-refractivity contribution in [2.45, 2.75) is 24.5 Å². The maximum absolute atomic E-state index is 11.1. The molecule has 1 aliphatic carbocycles. The first-order valence-corrected chi connectivity index (χ1v) is 6.06. The van der Waals surface area contributed by atoms with Crippen LogP contribution in [0, 0.1) is 0 Å². The molecule has 0 fully saturated rings. The van der Waals surface area contributed by atoms with Gasteiger partial charge in [-0.05, 0) is 36.5 Å². The van der Waals surface area contributed by atoms with E-state index in [1.165, 1.54) is 6.26 Å². The van der Waals surface area contributed by atoms with Gasteiger partial charge in [0, 0.05) is 0 Å². The van der Waals surface area contributed by atoms with Crippen molar-refractivity contribution in [2.24, 2.45) is 0 Å². The molecule has 1 atom stereocenters. The quantitative estimate of drug-likeness (QED) is 0.670. The number of hydrogen-bond acceptors (Lipinski definition) is 3. The Balaban J connectivity index is 2.40. The zero-order valence-corrected chi connectivity index (χ0v) is 8.46. The molecule has 1 aliphatic heterocycles. The highest BCUT2D eigenvalue weighted by Gasteiger charge is 2.31. The molecular formula is C9H12O4S. The summed E-state index contributed by atoms with van der Waals surface area (Å²) < 4.78 is 36.3. The average molecular weight is 216 g/mol. The second-order valence-electron chi connectivity index (χ2n) is 3.57. The summed E-state index contributed by atoms with van der Waals surface area (Å²) in [5.74, 6) is 0. The fourth-order valence-corrected chi connectivity index (χ4v) is 3.02. The highest BCUT2D eigenvalue weighted by Crippen LogP contribution is 2.32. The minimum absolute atomic E-state index is 0.456. The number of rotatable bonds is 1. The van der Waals surface area contributed by atoms with Gasteiger partial charge in [-0.3, -0.25) is 4.55 Å². The standard InChI is InChI=1S/C9H12O4S/c10-14(11,12)9-3-1-2-7-6-13-5-4-8(7)9/h4-5,9H,1-3,6H2,(H,10,11,12). The van der Waals surface area contributed by atoms with Crippen LogP contribution in [0.4, 0.5) is 0 Å². The Kier molecular flexibility index (Phi) is 2.36. The normalized spacial score (nSPS) is 27.1. The summed E-state index contributed by atoms with van der Waals surface area (Å²) in [5, 5.41) is -0.744. The monoisotopic (exact) mass is 216 g/mol. The van der Waals surface area contributed by atoms with Crippen LogP contribution < -0.4 is 0 Å². The Morgan fingerprint density at radius 1 is 1.50 bits per heavy atom. The van der Waals surface area contributed by atoms with Crippen molar-refractivity contribution < 1.29 is 17.7 Å². The fraction of sp³-hybridized carbons (Fsp3) is 0.556. The number of hydrogen-bond donors (Lipinski definition) is 1. The van der Waals surface area contributed by atoms with Gasteiger partial charge in [-0.1, -0.05) is 0 Å². The second kappa shape index (κ2) is 3.40. The fourth-order valence-electron chi connectivity index (χ4n) is 1.99. The Hall–Kier alpha value is -0.810. The van der Waals surface area contributed by atoms with Gasteiger partial charge in [0.2, 0.25) is 0 Å². The van der Waals surface area contributed by atoms with Gasteiger partial charge in [0.1, 0.15) is 11.9 Å². The van der Waals surface area contributed by atoms with Gasteiger partial charge in [-0.15, -0.1) is 0 Å². The molecule has 0 aromatic carbocycles. The van der Waals surface area contributed by atoms with Crippen LogP contribution in [0.2, 0.25) is 0 Å². The summed E-state index contributed by atoms with van der Waals surface area (Å²) >= 11 is 0. The van der Waals surface area contributed by atoms with E-state index in [1.54, 1.807) is 6.08 Å². The molecule has 4 nitrogen and oxygen atoms in total. The predicted octanol–water partition coefficient (Wildman–Crippen LogP) is 1.27. The Morgan fingerprint density at radius 3 is 3.00 bits per heavy atom. The summed E-state index contributed by atoms with van der Waals surface area (Å²) in [6, 6.07) is 0. The van der Waals surface area contributed by atoms with E-state index >= 15 is 0 Å². The second-order valence-corrected chi connectivity index (χ2v) is 5.17. The van der Waals surface area contributed by atoms with Gasteiger partial charge in [-0.25, -0.2) is 0 Å². The van der Waals surface area contributed by atoms with Crippen molar-refractivity contribution in [3.63, 3.8) is 0 Å². The van der Waals surface area contributed by atoms with E-state index in [0.29, 0.717) is 13.0 Å². The van der Waals surface area contributed by atoms with Gasteiger partial charge in [0.25, 0.3) is 10.1 Å². The third-order valence-electron chi connectivity index (χ3n) is 2.66. The molecule has 1 unspecified atom stereocenters. The van der Waals surface area contributed by atoms with E-state index < -0.39 is 15.4 Å². The number of allylic oxidation sites excluding steroid dienone is 1. The van der Waals surface area contributed by atoms with Crippen LogP contribution in [0.25, 0.3) is 0 Å². The van der Waals surface area contributed by atoms with Crippen molar-refractivity contribution >= 4 is 10.1 Å². The van der Waals surface area contributed by atoms with Crippen molar-refractivity contribution in [2.75, 3.05) is 6.61 Å². The molecule has 0 bridgehead atoms. The van der Waals surface area contributed by atoms with Crippen LogP contribution in [0.3, 0.4) is 0 Å². The lowest BCUT2D eigenvalue weighted by molar-refractivity contribution is 0.265. The van der Waals surface area contributed by atoms with Gasteiger partial charge < -0.3 is 4.74 Å². The molecule has 78 valence electrons. The molecule has 0 spiro atoms. The van der Waals surface area contributed by atoms with E-state index in [0.717, 1.165) is 24.0 Å². The van der Waals surface area contributed by atoms with Gasteiger partial charge in [0.05, 0.1) is 6.26 Å².